The zero-order valence-corrected chi connectivity index (χ0v) is 13.0. The Morgan fingerprint density at radius 1 is 1.39 bits per heavy atom. The van der Waals surface area contributed by atoms with Crippen LogP contribution in [0.1, 0.15) is 13.8 Å². The van der Waals surface area contributed by atoms with Crippen molar-refractivity contribution in [3.8, 4) is 0 Å². The number of aliphatic carboxylic acids is 1. The fourth-order valence-corrected chi connectivity index (χ4v) is 2.69. The van der Waals surface area contributed by atoms with Crippen molar-refractivity contribution < 1.29 is 44.6 Å². The lowest BCUT2D eigenvalue weighted by Crippen LogP contribution is -2.71. The van der Waals surface area contributed by atoms with Gasteiger partial charge in [-0.1, -0.05) is 6.92 Å². The summed E-state index contributed by atoms with van der Waals surface area (Å²) in [7, 11) is 1.06. The predicted molar refractivity (Wildman–Crippen MR) is 74.1 cm³/mol. The van der Waals surface area contributed by atoms with Gasteiger partial charge in [0.2, 0.25) is 5.91 Å². The van der Waals surface area contributed by atoms with Gasteiger partial charge in [0.05, 0.1) is 18.8 Å². The van der Waals surface area contributed by atoms with Crippen molar-refractivity contribution in [2.24, 2.45) is 5.92 Å². The number of carboxylic acids is 1. The molecule has 0 aliphatic carbocycles. The average molecular weight is 337 g/mol. The Morgan fingerprint density at radius 2 is 1.96 bits per heavy atom. The van der Waals surface area contributed by atoms with Gasteiger partial charge in [-0.3, -0.25) is 4.79 Å². The van der Waals surface area contributed by atoms with Crippen LogP contribution < -0.4 is 5.32 Å². The van der Waals surface area contributed by atoms with Crippen molar-refractivity contribution in [3.05, 3.63) is 0 Å². The molecule has 0 saturated carbocycles. The van der Waals surface area contributed by atoms with Crippen LogP contribution in [0.15, 0.2) is 0 Å². The lowest BCUT2D eigenvalue weighted by molar-refractivity contribution is -0.325. The fraction of sp³-hybridized carbons (Fsp3) is 0.846. The van der Waals surface area contributed by atoms with Crippen LogP contribution in [0.3, 0.4) is 0 Å². The van der Waals surface area contributed by atoms with Crippen LogP contribution in [0.5, 0.6) is 0 Å². The first-order valence-corrected chi connectivity index (χ1v) is 7.00. The monoisotopic (exact) mass is 337 g/mol. The number of aliphatic hydroxyl groups is 4. The first-order valence-electron chi connectivity index (χ1n) is 7.00. The molecule has 10 nitrogen and oxygen atoms in total. The number of carbonyl (C=O) groups is 2. The topological polar surface area (TPSA) is 166 Å². The summed E-state index contributed by atoms with van der Waals surface area (Å²) >= 11 is 0. The molecule has 6 N–H and O–H groups in total. The third-order valence-electron chi connectivity index (χ3n) is 4.03. The highest BCUT2D eigenvalue weighted by atomic mass is 16.7. The van der Waals surface area contributed by atoms with E-state index >= 15 is 0 Å². The van der Waals surface area contributed by atoms with E-state index in [9.17, 15) is 30.0 Å². The number of rotatable bonds is 6. The standard InChI is InChI=1S/C13H23NO9/c1-5-9(18)8(14-6(2)16)11(10(19)7(17)4-15)23-13(5,22-3)12(20)21/h5,7-11,15,17-19H,4H2,1-3H3,(H,14,16)(H,20,21). The zero-order valence-electron chi connectivity index (χ0n) is 13.0. The molecule has 134 valence electrons. The summed E-state index contributed by atoms with van der Waals surface area (Å²) in [6, 6.07) is -1.21. The van der Waals surface area contributed by atoms with E-state index < -0.39 is 60.6 Å². The fourth-order valence-electron chi connectivity index (χ4n) is 2.69. The molecule has 1 saturated heterocycles. The van der Waals surface area contributed by atoms with Crippen molar-refractivity contribution in [1.29, 1.82) is 0 Å². The summed E-state index contributed by atoms with van der Waals surface area (Å²) in [5.74, 6) is -5.48. The van der Waals surface area contributed by atoms with Crippen molar-refractivity contribution in [2.45, 2.75) is 50.1 Å². The lowest BCUT2D eigenvalue weighted by atomic mass is 9.81. The van der Waals surface area contributed by atoms with Gasteiger partial charge in [-0.15, -0.1) is 0 Å². The molecular weight excluding hydrogens is 314 g/mol. The summed E-state index contributed by atoms with van der Waals surface area (Å²) in [5, 5.41) is 50.8. The van der Waals surface area contributed by atoms with Crippen LogP contribution in [0.25, 0.3) is 0 Å². The van der Waals surface area contributed by atoms with E-state index in [1.165, 1.54) is 13.8 Å². The van der Waals surface area contributed by atoms with Crippen molar-refractivity contribution >= 4 is 11.9 Å². The molecule has 1 amide bonds. The van der Waals surface area contributed by atoms with Gasteiger partial charge < -0.3 is 40.3 Å². The number of hydrogen-bond donors (Lipinski definition) is 6. The third kappa shape index (κ3) is 3.62. The Hall–Kier alpha value is -1.30. The molecule has 1 rings (SSSR count). The minimum Gasteiger partial charge on any atom is -0.477 e. The van der Waals surface area contributed by atoms with Gasteiger partial charge in [0.1, 0.15) is 18.3 Å². The number of nitrogens with one attached hydrogen (secondary N) is 1. The van der Waals surface area contributed by atoms with Crippen LogP contribution in [0, 0.1) is 5.92 Å². The molecule has 23 heavy (non-hydrogen) atoms. The number of ether oxygens (including phenoxy) is 2. The number of carbonyl (C=O) groups excluding carboxylic acids is 1. The van der Waals surface area contributed by atoms with Gasteiger partial charge in [-0.05, 0) is 0 Å². The lowest BCUT2D eigenvalue weighted by Gasteiger charge is -2.49. The molecule has 7 atom stereocenters. The Kier molecular flexibility index (Phi) is 6.45. The summed E-state index contributed by atoms with van der Waals surface area (Å²) in [6.45, 7) is 1.69. The summed E-state index contributed by atoms with van der Waals surface area (Å²) in [6.07, 6.45) is -6.41. The molecule has 7 unspecified atom stereocenters. The summed E-state index contributed by atoms with van der Waals surface area (Å²) in [5.41, 5.74) is 0. The Balaban J connectivity index is 3.27. The highest BCUT2D eigenvalue weighted by molar-refractivity contribution is 5.77. The van der Waals surface area contributed by atoms with Crippen LogP contribution in [0.2, 0.25) is 0 Å². The first-order chi connectivity index (χ1) is 10.6. The minimum atomic E-state index is -2.28. The van der Waals surface area contributed by atoms with Crippen LogP contribution >= 0.6 is 0 Å². The summed E-state index contributed by atoms with van der Waals surface area (Å²) in [4.78, 5) is 22.9. The number of hydrogen-bond acceptors (Lipinski definition) is 8. The van der Waals surface area contributed by atoms with Gasteiger partial charge in [0, 0.05) is 20.0 Å². The Labute approximate surface area is 132 Å². The van der Waals surface area contributed by atoms with E-state index in [1.54, 1.807) is 0 Å². The Morgan fingerprint density at radius 3 is 2.35 bits per heavy atom. The zero-order chi connectivity index (χ0) is 17.9. The number of carboxylic acid groups (broad SMARTS) is 1. The van der Waals surface area contributed by atoms with Crippen molar-refractivity contribution in [3.63, 3.8) is 0 Å². The molecule has 0 bridgehead atoms. The maximum Gasteiger partial charge on any atom is 0.364 e. The largest absolute Gasteiger partial charge is 0.477 e. The van der Waals surface area contributed by atoms with Crippen molar-refractivity contribution in [1.82, 2.24) is 5.32 Å². The van der Waals surface area contributed by atoms with Gasteiger partial charge >= 0.3 is 5.97 Å². The van der Waals surface area contributed by atoms with Gasteiger partial charge in [-0.25, -0.2) is 4.79 Å². The highest BCUT2D eigenvalue weighted by Crippen LogP contribution is 2.37. The molecule has 0 aromatic carbocycles. The Bertz CT molecular complexity index is 445. The maximum atomic E-state index is 11.6. The predicted octanol–water partition coefficient (Wildman–Crippen LogP) is -2.97. The molecule has 0 aromatic rings. The third-order valence-corrected chi connectivity index (χ3v) is 4.03. The second kappa shape index (κ2) is 7.51. The molecule has 0 aromatic heterocycles. The number of amides is 1. The molecule has 0 spiro atoms. The minimum absolute atomic E-state index is 0.555. The maximum absolute atomic E-state index is 11.6. The van der Waals surface area contributed by atoms with Gasteiger partial charge in [0.15, 0.2) is 0 Å². The highest BCUT2D eigenvalue weighted by Gasteiger charge is 2.59. The molecule has 1 aliphatic rings. The van der Waals surface area contributed by atoms with Crippen molar-refractivity contribution in [2.75, 3.05) is 13.7 Å². The number of methoxy groups -OCH3 is 1. The quantitative estimate of drug-likeness (QED) is 0.297. The van der Waals surface area contributed by atoms with Crippen LogP contribution in [0.4, 0.5) is 0 Å². The molecule has 10 heteroatoms. The molecule has 1 heterocycles. The SMILES string of the molecule is COC1(C(=O)O)OC(C(O)C(O)CO)C(NC(C)=O)C(O)C1C. The summed E-state index contributed by atoms with van der Waals surface area (Å²) < 4.78 is 10.3. The molecule has 1 fully saturated rings. The molecular formula is C13H23NO9. The van der Waals surface area contributed by atoms with E-state index in [1.807, 2.05) is 0 Å². The molecule has 0 radical (unpaired) electrons. The smallest absolute Gasteiger partial charge is 0.364 e. The second-order valence-electron chi connectivity index (χ2n) is 5.51. The van der Waals surface area contributed by atoms with Gasteiger partial charge in [0.25, 0.3) is 5.79 Å². The van der Waals surface area contributed by atoms with Gasteiger partial charge in [-0.2, -0.15) is 0 Å². The van der Waals surface area contributed by atoms with E-state index in [0.29, 0.717) is 0 Å². The molecule has 1 aliphatic heterocycles. The van der Waals surface area contributed by atoms with Crippen LogP contribution in [-0.4, -0.2) is 87.4 Å². The normalized spacial score (nSPS) is 37.0. The van der Waals surface area contributed by atoms with E-state index in [4.69, 9.17) is 14.6 Å². The van der Waals surface area contributed by atoms with E-state index in [0.717, 1.165) is 7.11 Å². The average Bonchev–Trinajstić information content (AvgIpc) is 2.50. The second-order valence-corrected chi connectivity index (χ2v) is 5.51. The van der Waals surface area contributed by atoms with E-state index in [2.05, 4.69) is 5.32 Å². The van der Waals surface area contributed by atoms with Crippen LogP contribution in [-0.2, 0) is 19.1 Å². The first kappa shape index (κ1) is 19.7. The number of aliphatic hydroxyl groups excluding tert-OH is 4. The van der Waals surface area contributed by atoms with E-state index in [-0.39, 0.29) is 0 Å².